The van der Waals surface area contributed by atoms with E-state index in [1.54, 1.807) is 12.1 Å². The van der Waals surface area contributed by atoms with E-state index in [0.29, 0.717) is 46.7 Å². The largest absolute Gasteiger partial charge is 0.505 e. The topological polar surface area (TPSA) is 127 Å². The van der Waals surface area contributed by atoms with Crippen molar-refractivity contribution in [2.45, 2.75) is 25.3 Å². The number of carbonyl (C=O) groups excluding carboxylic acids is 1. The Kier molecular flexibility index (Phi) is 10.1. The highest BCUT2D eigenvalue weighted by molar-refractivity contribution is 6.15. The second kappa shape index (κ2) is 14.6. The lowest BCUT2D eigenvalue weighted by molar-refractivity contribution is 0.0904. The number of nitrogen functional groups attached to an aromatic ring is 1. The number of anilines is 3. The van der Waals surface area contributed by atoms with Gasteiger partial charge in [0, 0.05) is 74.1 Å². The molecule has 0 aliphatic carbocycles. The van der Waals surface area contributed by atoms with Crippen molar-refractivity contribution in [1.29, 1.82) is 5.41 Å². The number of rotatable bonds is 8. The smallest absolute Gasteiger partial charge is 0.258 e. The summed E-state index contributed by atoms with van der Waals surface area (Å²) in [7, 11) is 2.09. The van der Waals surface area contributed by atoms with E-state index in [2.05, 4.69) is 27.5 Å². The number of carbonyl (C=O) groups is 1. The number of hydrogen-bond donors (Lipinski definition) is 5. The van der Waals surface area contributed by atoms with Crippen LogP contribution >= 0.6 is 0 Å². The maximum Gasteiger partial charge on any atom is 0.258 e. The van der Waals surface area contributed by atoms with Gasteiger partial charge in [-0.1, -0.05) is 6.07 Å². The second-order valence-electron chi connectivity index (χ2n) is 12.6. The van der Waals surface area contributed by atoms with Gasteiger partial charge in [0.2, 0.25) is 0 Å². The number of likely N-dealkylation sites (N-methyl/N-ethyl adjacent to an activating group) is 1. The molecule has 2 heterocycles. The molecule has 12 heteroatoms. The number of ether oxygens (including phenoxy) is 1. The van der Waals surface area contributed by atoms with E-state index in [9.17, 15) is 23.1 Å². The summed E-state index contributed by atoms with van der Waals surface area (Å²) in [5, 5.41) is 24.9. The lowest BCUT2D eigenvalue weighted by Gasteiger charge is -2.34. The highest BCUT2D eigenvalue weighted by atomic mass is 19.1. The first-order chi connectivity index (χ1) is 23.5. The van der Waals surface area contributed by atoms with E-state index in [1.807, 2.05) is 12.1 Å². The summed E-state index contributed by atoms with van der Waals surface area (Å²) in [6.45, 7) is 4.83. The van der Waals surface area contributed by atoms with Crippen LogP contribution in [0.2, 0.25) is 0 Å². The summed E-state index contributed by atoms with van der Waals surface area (Å²) < 4.78 is 48.2. The van der Waals surface area contributed by atoms with Crippen molar-refractivity contribution in [3.63, 3.8) is 0 Å². The first-order valence-corrected chi connectivity index (χ1v) is 16.2. The van der Waals surface area contributed by atoms with Crippen LogP contribution in [0.5, 0.6) is 5.75 Å². The van der Waals surface area contributed by atoms with Crippen molar-refractivity contribution in [2.75, 3.05) is 62.4 Å². The molecule has 4 aromatic rings. The molecule has 2 aliphatic rings. The minimum Gasteiger partial charge on any atom is -0.505 e. The highest BCUT2D eigenvalue weighted by Crippen LogP contribution is 2.33. The normalized spacial score (nSPS) is 15.6. The average Bonchev–Trinajstić information content (AvgIpc) is 3.07. The molecule has 9 nitrogen and oxygen atoms in total. The van der Waals surface area contributed by atoms with Crippen LogP contribution < -0.4 is 21.3 Å². The predicted octanol–water partition coefficient (Wildman–Crippen LogP) is 5.75. The molecule has 256 valence electrons. The Balaban J connectivity index is 1.31. The van der Waals surface area contributed by atoms with Gasteiger partial charge in [-0.2, -0.15) is 0 Å². The van der Waals surface area contributed by atoms with Crippen molar-refractivity contribution < 1.29 is 27.8 Å². The third-order valence-corrected chi connectivity index (χ3v) is 9.06. The molecule has 2 saturated heterocycles. The van der Waals surface area contributed by atoms with Gasteiger partial charge < -0.3 is 36.0 Å². The van der Waals surface area contributed by atoms with Crippen molar-refractivity contribution in [3.8, 4) is 16.9 Å². The van der Waals surface area contributed by atoms with Crippen LogP contribution in [0.4, 0.5) is 30.2 Å². The summed E-state index contributed by atoms with van der Waals surface area (Å²) in [5.74, 6) is -3.70. The molecule has 6 rings (SSSR count). The van der Waals surface area contributed by atoms with Crippen LogP contribution in [0, 0.1) is 22.9 Å². The maximum atomic E-state index is 14.4. The van der Waals surface area contributed by atoms with Gasteiger partial charge in [0.1, 0.15) is 17.5 Å². The van der Waals surface area contributed by atoms with Gasteiger partial charge in [-0.15, -0.1) is 0 Å². The second-order valence-corrected chi connectivity index (χ2v) is 12.6. The molecule has 2 aliphatic heterocycles. The number of piperazine rings is 1. The van der Waals surface area contributed by atoms with Crippen molar-refractivity contribution in [2.24, 2.45) is 0 Å². The van der Waals surface area contributed by atoms with Crippen LogP contribution in [0.3, 0.4) is 0 Å². The molecule has 49 heavy (non-hydrogen) atoms. The van der Waals surface area contributed by atoms with E-state index in [0.717, 1.165) is 56.8 Å². The molecule has 4 aromatic carbocycles. The number of amidine groups is 1. The van der Waals surface area contributed by atoms with Gasteiger partial charge in [0.05, 0.1) is 5.56 Å². The number of benzene rings is 4. The molecule has 0 radical (unpaired) electrons. The Hall–Kier alpha value is -5.07. The zero-order valence-electron chi connectivity index (χ0n) is 27.2. The molecule has 0 unspecified atom stereocenters. The number of amides is 1. The lowest BCUT2D eigenvalue weighted by atomic mass is 9.91. The van der Waals surface area contributed by atoms with E-state index in [1.165, 1.54) is 30.3 Å². The predicted molar refractivity (Wildman–Crippen MR) is 185 cm³/mol. The molecule has 0 bridgehead atoms. The highest BCUT2D eigenvalue weighted by Gasteiger charge is 2.23. The summed E-state index contributed by atoms with van der Waals surface area (Å²) in [4.78, 5) is 18.4. The Morgan fingerprint density at radius 2 is 1.65 bits per heavy atom. The molecule has 0 saturated carbocycles. The number of phenolic OH excluding ortho intramolecular Hbond substituents is 1. The summed E-state index contributed by atoms with van der Waals surface area (Å²) in [5.41, 5.74) is 10.3. The van der Waals surface area contributed by atoms with Crippen LogP contribution in [0.25, 0.3) is 11.1 Å². The molecule has 6 N–H and O–H groups in total. The van der Waals surface area contributed by atoms with E-state index in [4.69, 9.17) is 15.9 Å². The molecule has 0 atom stereocenters. The number of phenols is 1. The summed E-state index contributed by atoms with van der Waals surface area (Å²) >= 11 is 0. The Morgan fingerprint density at radius 1 is 0.939 bits per heavy atom. The zero-order chi connectivity index (χ0) is 34.7. The molecule has 0 aromatic heterocycles. The van der Waals surface area contributed by atoms with Crippen molar-refractivity contribution >= 4 is 28.8 Å². The van der Waals surface area contributed by atoms with Crippen LogP contribution in [0.1, 0.15) is 39.9 Å². The van der Waals surface area contributed by atoms with E-state index in [-0.39, 0.29) is 29.5 Å². The third-order valence-electron chi connectivity index (χ3n) is 9.06. The maximum absolute atomic E-state index is 14.4. The number of hydrogen-bond acceptors (Lipinski definition) is 8. The number of nitrogens with zero attached hydrogens (tertiary/aromatic N) is 2. The number of nitrogens with one attached hydrogen (secondary N) is 3. The SMILES string of the molecule is CN1CCN(c2ccc(C(=O)NC(=N)c3cc(Cc4cc(F)cc(F)c4)c(-c4ccc(O)c(F)c4)cc3N)c(NC3CCOCC3)c2)CC1. The fourth-order valence-electron chi connectivity index (χ4n) is 6.32. The van der Waals surface area contributed by atoms with Gasteiger partial charge in [0.15, 0.2) is 11.6 Å². The van der Waals surface area contributed by atoms with Gasteiger partial charge in [-0.25, -0.2) is 13.2 Å². The van der Waals surface area contributed by atoms with Gasteiger partial charge in [-0.05, 0) is 103 Å². The third kappa shape index (κ3) is 7.98. The van der Waals surface area contributed by atoms with Crippen LogP contribution in [-0.4, -0.2) is 74.2 Å². The first-order valence-electron chi connectivity index (χ1n) is 16.2. The van der Waals surface area contributed by atoms with Gasteiger partial charge in [0.25, 0.3) is 5.91 Å². The molecule has 2 fully saturated rings. The molecular formula is C37H39F3N6O3. The fourth-order valence-corrected chi connectivity index (χ4v) is 6.32. The fraction of sp³-hybridized carbons (Fsp3) is 0.297. The van der Waals surface area contributed by atoms with Crippen LogP contribution in [-0.2, 0) is 11.2 Å². The lowest BCUT2D eigenvalue weighted by Crippen LogP contribution is -2.44. The van der Waals surface area contributed by atoms with Gasteiger partial charge in [-0.3, -0.25) is 10.2 Å². The van der Waals surface area contributed by atoms with E-state index >= 15 is 0 Å². The number of nitrogens with two attached hydrogens (primary N) is 1. The first kappa shape index (κ1) is 33.8. The Morgan fingerprint density at radius 3 is 2.35 bits per heavy atom. The monoisotopic (exact) mass is 672 g/mol. The minimum absolute atomic E-state index is 0.00788. The number of halogens is 3. The number of aromatic hydroxyl groups is 1. The van der Waals surface area contributed by atoms with Gasteiger partial charge >= 0.3 is 0 Å². The molecule has 0 spiro atoms. The van der Waals surface area contributed by atoms with Crippen molar-refractivity contribution in [1.82, 2.24) is 10.2 Å². The zero-order valence-corrected chi connectivity index (χ0v) is 27.2. The van der Waals surface area contributed by atoms with E-state index < -0.39 is 29.1 Å². The standard InChI is InChI=1S/C37H39F3N6O3/c1-45-8-10-46(11-9-45)28-3-4-29(34(20-28)43-27-6-12-49-13-7-27)37(48)44-36(42)31-17-24(14-22-15-25(38)19-26(39)16-22)30(21-33(31)41)23-2-5-35(47)32(40)18-23/h2-5,15-21,27,43,47H,6-14,41H2,1H3,(H2,42,44,48). The van der Waals surface area contributed by atoms with Crippen molar-refractivity contribution in [3.05, 3.63) is 106 Å². The molecular weight excluding hydrogens is 633 g/mol. The summed E-state index contributed by atoms with van der Waals surface area (Å²) in [6.07, 6.45) is 1.59. The average molecular weight is 673 g/mol. The quantitative estimate of drug-likeness (QED) is 0.0917. The summed E-state index contributed by atoms with van der Waals surface area (Å²) in [6, 6.07) is 15.8. The minimum atomic E-state index is -0.855. The Labute approximate surface area is 283 Å². The molecule has 1 amide bonds. The Bertz CT molecular complexity index is 1850. The van der Waals surface area contributed by atoms with Crippen LogP contribution in [0.15, 0.2) is 66.7 Å².